The van der Waals surface area contributed by atoms with E-state index < -0.39 is 0 Å². The van der Waals surface area contributed by atoms with Crippen LogP contribution in [-0.4, -0.2) is 32.8 Å². The largest absolute Gasteiger partial charge is 0.381 e. The van der Waals surface area contributed by atoms with Crippen LogP contribution in [0.25, 0.3) is 0 Å². The highest BCUT2D eigenvalue weighted by Gasteiger charge is 2.17. The van der Waals surface area contributed by atoms with E-state index in [4.69, 9.17) is 10.5 Å². The molecule has 3 heteroatoms. The Morgan fingerprint density at radius 3 is 2.70 bits per heavy atom. The molecule has 1 aromatic rings. The lowest BCUT2D eigenvalue weighted by Crippen LogP contribution is -2.31. The third-order valence-corrected chi connectivity index (χ3v) is 4.28. The van der Waals surface area contributed by atoms with Gasteiger partial charge in [-0.3, -0.25) is 0 Å². The summed E-state index contributed by atoms with van der Waals surface area (Å²) in [7, 11) is 2.20. The summed E-state index contributed by atoms with van der Waals surface area (Å²) in [5, 5.41) is 0. The Bertz CT molecular complexity index is 402. The van der Waals surface area contributed by atoms with Gasteiger partial charge in [0.1, 0.15) is 0 Å². The van der Waals surface area contributed by atoms with E-state index in [1.807, 2.05) is 0 Å². The summed E-state index contributed by atoms with van der Waals surface area (Å²) in [6.07, 6.45) is 4.35. The number of para-hydroxylation sites is 1. The minimum absolute atomic E-state index is 0.257. The maximum absolute atomic E-state index is 6.12. The molecule has 0 spiro atoms. The van der Waals surface area contributed by atoms with Crippen molar-refractivity contribution < 1.29 is 4.74 Å². The predicted octanol–water partition coefficient (Wildman–Crippen LogP) is 2.83. The zero-order valence-electron chi connectivity index (χ0n) is 12.8. The maximum atomic E-state index is 6.12. The number of hydrogen-bond acceptors (Lipinski definition) is 3. The van der Waals surface area contributed by atoms with E-state index >= 15 is 0 Å². The first-order valence-corrected chi connectivity index (χ1v) is 7.83. The third-order valence-electron chi connectivity index (χ3n) is 4.28. The maximum Gasteiger partial charge on any atom is 0.0469 e. The highest BCUT2D eigenvalue weighted by atomic mass is 16.5. The molecule has 1 fully saturated rings. The van der Waals surface area contributed by atoms with Crippen molar-refractivity contribution in [1.29, 1.82) is 0 Å². The number of ether oxygens (including phenoxy) is 1. The Labute approximate surface area is 123 Å². The molecule has 0 amide bonds. The lowest BCUT2D eigenvalue weighted by atomic mass is 9.98. The number of rotatable bonds is 6. The monoisotopic (exact) mass is 276 g/mol. The number of benzene rings is 1. The second-order valence-electron chi connectivity index (χ2n) is 5.94. The van der Waals surface area contributed by atoms with E-state index in [9.17, 15) is 0 Å². The van der Waals surface area contributed by atoms with Crippen LogP contribution in [0.2, 0.25) is 0 Å². The van der Waals surface area contributed by atoms with Crippen LogP contribution in [0.3, 0.4) is 0 Å². The van der Waals surface area contributed by atoms with Crippen LogP contribution >= 0.6 is 0 Å². The van der Waals surface area contributed by atoms with Crippen molar-refractivity contribution in [3.8, 4) is 0 Å². The lowest BCUT2D eigenvalue weighted by Gasteiger charge is -2.30. The highest BCUT2D eigenvalue weighted by Crippen LogP contribution is 2.24. The molecular formula is C17H28N2O. The van der Waals surface area contributed by atoms with Gasteiger partial charge in [0.15, 0.2) is 0 Å². The van der Waals surface area contributed by atoms with Gasteiger partial charge in [0, 0.05) is 38.5 Å². The fourth-order valence-electron chi connectivity index (χ4n) is 2.90. The van der Waals surface area contributed by atoms with Crippen molar-refractivity contribution in [2.75, 3.05) is 31.7 Å². The third kappa shape index (κ3) is 4.22. The molecule has 1 saturated heterocycles. The topological polar surface area (TPSA) is 38.5 Å². The first-order valence-electron chi connectivity index (χ1n) is 7.83. The Hall–Kier alpha value is -1.06. The molecule has 1 aliphatic heterocycles. The molecule has 1 heterocycles. The van der Waals surface area contributed by atoms with Crippen molar-refractivity contribution in [2.24, 2.45) is 11.7 Å². The zero-order chi connectivity index (χ0) is 14.4. The van der Waals surface area contributed by atoms with E-state index in [2.05, 4.69) is 43.1 Å². The molecule has 2 N–H and O–H groups in total. The number of nitrogens with zero attached hydrogens (tertiary/aromatic N) is 1. The first kappa shape index (κ1) is 15.3. The van der Waals surface area contributed by atoms with E-state index in [1.54, 1.807) is 0 Å². The Morgan fingerprint density at radius 2 is 2.00 bits per heavy atom. The average Bonchev–Trinajstić information content (AvgIpc) is 2.48. The van der Waals surface area contributed by atoms with Gasteiger partial charge < -0.3 is 15.4 Å². The SMILES string of the molecule is CCC(N)Cc1ccccc1N(C)CC1CCOCC1. The van der Waals surface area contributed by atoms with Crippen LogP contribution in [0.15, 0.2) is 24.3 Å². The summed E-state index contributed by atoms with van der Waals surface area (Å²) < 4.78 is 5.44. The van der Waals surface area contributed by atoms with Crippen LogP contribution in [0.5, 0.6) is 0 Å². The quantitative estimate of drug-likeness (QED) is 0.868. The number of hydrogen-bond donors (Lipinski definition) is 1. The van der Waals surface area contributed by atoms with Gasteiger partial charge in [-0.15, -0.1) is 0 Å². The van der Waals surface area contributed by atoms with Gasteiger partial charge in [0.05, 0.1) is 0 Å². The summed E-state index contributed by atoms with van der Waals surface area (Å²) in [5.41, 5.74) is 8.83. The molecule has 3 nitrogen and oxygen atoms in total. The van der Waals surface area contributed by atoms with Crippen molar-refractivity contribution >= 4 is 5.69 Å². The van der Waals surface area contributed by atoms with E-state index in [-0.39, 0.29) is 6.04 Å². The van der Waals surface area contributed by atoms with Crippen LogP contribution in [0, 0.1) is 5.92 Å². The zero-order valence-corrected chi connectivity index (χ0v) is 12.8. The van der Waals surface area contributed by atoms with Gasteiger partial charge in [-0.2, -0.15) is 0 Å². The van der Waals surface area contributed by atoms with Crippen LogP contribution in [0.4, 0.5) is 5.69 Å². The summed E-state index contributed by atoms with van der Waals surface area (Å²) in [4.78, 5) is 2.40. The lowest BCUT2D eigenvalue weighted by molar-refractivity contribution is 0.0685. The molecule has 0 saturated carbocycles. The standard InChI is InChI=1S/C17H28N2O/c1-3-16(18)12-15-6-4-5-7-17(15)19(2)13-14-8-10-20-11-9-14/h4-7,14,16H,3,8-13,18H2,1-2H3. The fourth-order valence-corrected chi connectivity index (χ4v) is 2.90. The van der Waals surface area contributed by atoms with Gasteiger partial charge in [-0.1, -0.05) is 25.1 Å². The molecule has 0 radical (unpaired) electrons. The first-order chi connectivity index (χ1) is 9.70. The van der Waals surface area contributed by atoms with Crippen LogP contribution in [0.1, 0.15) is 31.7 Å². The van der Waals surface area contributed by atoms with Crippen molar-refractivity contribution in [3.63, 3.8) is 0 Å². The minimum Gasteiger partial charge on any atom is -0.381 e. The molecule has 1 atom stereocenters. The summed E-state index contributed by atoms with van der Waals surface area (Å²) >= 11 is 0. The Balaban J connectivity index is 2.02. The smallest absolute Gasteiger partial charge is 0.0469 e. The molecule has 1 aromatic carbocycles. The van der Waals surface area contributed by atoms with E-state index in [0.29, 0.717) is 0 Å². The molecule has 2 rings (SSSR count). The molecular weight excluding hydrogens is 248 g/mol. The van der Waals surface area contributed by atoms with Gasteiger partial charge in [-0.05, 0) is 43.2 Å². The summed E-state index contributed by atoms with van der Waals surface area (Å²) in [6, 6.07) is 8.93. The second kappa shape index (κ2) is 7.65. The Kier molecular flexibility index (Phi) is 5.86. The van der Waals surface area contributed by atoms with Crippen LogP contribution < -0.4 is 10.6 Å². The summed E-state index contributed by atoms with van der Waals surface area (Å²) in [6.45, 7) is 5.10. The molecule has 0 bridgehead atoms. The van der Waals surface area contributed by atoms with Gasteiger partial charge in [-0.25, -0.2) is 0 Å². The Morgan fingerprint density at radius 1 is 1.30 bits per heavy atom. The number of anilines is 1. The van der Waals surface area contributed by atoms with Crippen molar-refractivity contribution in [2.45, 2.75) is 38.6 Å². The second-order valence-corrected chi connectivity index (χ2v) is 5.94. The van der Waals surface area contributed by atoms with Gasteiger partial charge >= 0.3 is 0 Å². The molecule has 1 aliphatic rings. The normalized spacial score (nSPS) is 17.9. The summed E-state index contributed by atoms with van der Waals surface area (Å²) in [5.74, 6) is 0.752. The molecule has 112 valence electrons. The minimum atomic E-state index is 0.257. The van der Waals surface area contributed by atoms with Crippen LogP contribution in [-0.2, 0) is 11.2 Å². The molecule has 20 heavy (non-hydrogen) atoms. The van der Waals surface area contributed by atoms with Crippen molar-refractivity contribution in [1.82, 2.24) is 0 Å². The van der Waals surface area contributed by atoms with Crippen molar-refractivity contribution in [3.05, 3.63) is 29.8 Å². The highest BCUT2D eigenvalue weighted by molar-refractivity contribution is 5.53. The van der Waals surface area contributed by atoms with E-state index in [1.165, 1.54) is 24.1 Å². The molecule has 0 aromatic heterocycles. The van der Waals surface area contributed by atoms with Gasteiger partial charge in [0.2, 0.25) is 0 Å². The molecule has 1 unspecified atom stereocenters. The molecule has 0 aliphatic carbocycles. The van der Waals surface area contributed by atoms with Gasteiger partial charge in [0.25, 0.3) is 0 Å². The number of nitrogens with two attached hydrogens (primary N) is 1. The average molecular weight is 276 g/mol. The fraction of sp³-hybridized carbons (Fsp3) is 0.647. The predicted molar refractivity (Wildman–Crippen MR) is 85.2 cm³/mol. The van der Waals surface area contributed by atoms with E-state index in [0.717, 1.165) is 38.5 Å².